The van der Waals surface area contributed by atoms with Crippen LogP contribution in [-0.4, -0.2) is 28.7 Å². The Kier molecular flexibility index (Phi) is 1.92. The predicted molar refractivity (Wildman–Crippen MR) is 41.8 cm³/mol. The second-order valence-electron chi connectivity index (χ2n) is 3.66. The standard InChI is InChI=1S/C8H15NO2/c1-4-9-6(10)5-8(2,3)7(9)11/h6,10H,4-5H2,1-3H3. The van der Waals surface area contributed by atoms with Crippen molar-refractivity contribution in [3.8, 4) is 0 Å². The van der Waals surface area contributed by atoms with Crippen LogP contribution in [0.15, 0.2) is 0 Å². The average molecular weight is 157 g/mol. The number of likely N-dealkylation sites (tertiary alicyclic amines) is 1. The topological polar surface area (TPSA) is 40.5 Å². The highest BCUT2D eigenvalue weighted by atomic mass is 16.3. The molecular weight excluding hydrogens is 142 g/mol. The highest BCUT2D eigenvalue weighted by Crippen LogP contribution is 2.33. The van der Waals surface area contributed by atoms with Crippen LogP contribution in [0.1, 0.15) is 27.2 Å². The maximum absolute atomic E-state index is 11.4. The number of nitrogens with zero attached hydrogens (tertiary/aromatic N) is 1. The number of aliphatic hydroxyl groups excluding tert-OH is 1. The fourth-order valence-corrected chi connectivity index (χ4v) is 1.53. The summed E-state index contributed by atoms with van der Waals surface area (Å²) in [6.45, 7) is 6.22. The molecule has 1 heterocycles. The van der Waals surface area contributed by atoms with E-state index < -0.39 is 6.23 Å². The van der Waals surface area contributed by atoms with Crippen LogP contribution in [0, 0.1) is 5.41 Å². The van der Waals surface area contributed by atoms with Gasteiger partial charge in [-0.05, 0) is 6.92 Å². The zero-order valence-corrected chi connectivity index (χ0v) is 7.29. The minimum Gasteiger partial charge on any atom is -0.373 e. The summed E-state index contributed by atoms with van der Waals surface area (Å²) >= 11 is 0. The minimum atomic E-state index is -0.567. The monoisotopic (exact) mass is 157 g/mol. The Morgan fingerprint density at radius 2 is 2.27 bits per heavy atom. The second-order valence-corrected chi connectivity index (χ2v) is 3.66. The third kappa shape index (κ3) is 1.25. The molecule has 0 aromatic heterocycles. The van der Waals surface area contributed by atoms with E-state index in [1.54, 1.807) is 0 Å². The Hall–Kier alpha value is -0.570. The van der Waals surface area contributed by atoms with Gasteiger partial charge in [-0.15, -0.1) is 0 Å². The van der Waals surface area contributed by atoms with E-state index in [4.69, 9.17) is 0 Å². The van der Waals surface area contributed by atoms with E-state index in [0.29, 0.717) is 13.0 Å². The van der Waals surface area contributed by atoms with Crippen molar-refractivity contribution in [2.24, 2.45) is 5.41 Å². The Morgan fingerprint density at radius 1 is 1.73 bits per heavy atom. The number of hydrogen-bond donors (Lipinski definition) is 1. The number of carbonyl (C=O) groups is 1. The van der Waals surface area contributed by atoms with Crippen LogP contribution in [0.5, 0.6) is 0 Å². The van der Waals surface area contributed by atoms with E-state index in [9.17, 15) is 9.90 Å². The SMILES string of the molecule is CCN1C(=O)C(C)(C)CC1O. The summed E-state index contributed by atoms with van der Waals surface area (Å²) in [6.07, 6.45) is -0.0119. The van der Waals surface area contributed by atoms with E-state index >= 15 is 0 Å². The highest BCUT2D eigenvalue weighted by molar-refractivity contribution is 5.84. The van der Waals surface area contributed by atoms with Crippen LogP contribution >= 0.6 is 0 Å². The molecule has 1 amide bonds. The molecule has 3 nitrogen and oxygen atoms in total. The molecule has 1 rings (SSSR count). The predicted octanol–water partition coefficient (Wildman–Crippen LogP) is 0.583. The first-order valence-electron chi connectivity index (χ1n) is 3.98. The molecule has 0 spiro atoms. The number of rotatable bonds is 1. The molecule has 0 radical (unpaired) electrons. The quantitative estimate of drug-likeness (QED) is 0.605. The van der Waals surface area contributed by atoms with Crippen LogP contribution < -0.4 is 0 Å². The Morgan fingerprint density at radius 3 is 2.45 bits per heavy atom. The summed E-state index contributed by atoms with van der Waals surface area (Å²) < 4.78 is 0. The Balaban J connectivity index is 2.80. The average Bonchev–Trinajstić information content (AvgIpc) is 2.04. The summed E-state index contributed by atoms with van der Waals surface area (Å²) in [7, 11) is 0. The van der Waals surface area contributed by atoms with E-state index in [0.717, 1.165) is 0 Å². The van der Waals surface area contributed by atoms with Crippen molar-refractivity contribution in [3.05, 3.63) is 0 Å². The molecule has 0 aromatic rings. The number of amides is 1. The number of aliphatic hydroxyl groups is 1. The van der Waals surface area contributed by atoms with Gasteiger partial charge in [-0.3, -0.25) is 4.79 Å². The molecule has 0 aromatic carbocycles. The maximum Gasteiger partial charge on any atom is 0.230 e. The fraction of sp³-hybridized carbons (Fsp3) is 0.875. The largest absolute Gasteiger partial charge is 0.373 e. The molecule has 0 saturated carbocycles. The van der Waals surface area contributed by atoms with Crippen molar-refractivity contribution < 1.29 is 9.90 Å². The summed E-state index contributed by atoms with van der Waals surface area (Å²) in [6, 6.07) is 0. The third-order valence-corrected chi connectivity index (χ3v) is 2.23. The van der Waals surface area contributed by atoms with Crippen LogP contribution in [0.3, 0.4) is 0 Å². The molecule has 0 bridgehead atoms. The molecule has 11 heavy (non-hydrogen) atoms. The maximum atomic E-state index is 11.4. The van der Waals surface area contributed by atoms with Crippen molar-refractivity contribution in [3.63, 3.8) is 0 Å². The lowest BCUT2D eigenvalue weighted by atomic mass is 9.92. The van der Waals surface area contributed by atoms with E-state index in [1.165, 1.54) is 4.90 Å². The zero-order valence-electron chi connectivity index (χ0n) is 7.29. The molecule has 1 aliphatic rings. The van der Waals surface area contributed by atoms with Crippen LogP contribution in [0.4, 0.5) is 0 Å². The molecular formula is C8H15NO2. The van der Waals surface area contributed by atoms with E-state index in [2.05, 4.69) is 0 Å². The van der Waals surface area contributed by atoms with Gasteiger partial charge >= 0.3 is 0 Å². The Bertz CT molecular complexity index is 177. The molecule has 1 N–H and O–H groups in total. The molecule has 3 heteroatoms. The van der Waals surface area contributed by atoms with Crippen molar-refractivity contribution in [1.29, 1.82) is 0 Å². The summed E-state index contributed by atoms with van der Waals surface area (Å²) in [4.78, 5) is 12.9. The van der Waals surface area contributed by atoms with Crippen molar-refractivity contribution in [1.82, 2.24) is 4.90 Å². The van der Waals surface area contributed by atoms with Crippen LogP contribution in [0.25, 0.3) is 0 Å². The lowest BCUT2D eigenvalue weighted by Gasteiger charge is -2.18. The smallest absolute Gasteiger partial charge is 0.230 e. The highest BCUT2D eigenvalue weighted by Gasteiger charge is 2.43. The van der Waals surface area contributed by atoms with Gasteiger partial charge in [0, 0.05) is 18.4 Å². The van der Waals surface area contributed by atoms with Gasteiger partial charge in [0.05, 0.1) is 0 Å². The van der Waals surface area contributed by atoms with Gasteiger partial charge in [0.15, 0.2) is 0 Å². The van der Waals surface area contributed by atoms with Gasteiger partial charge in [0.2, 0.25) is 5.91 Å². The van der Waals surface area contributed by atoms with Crippen LogP contribution in [-0.2, 0) is 4.79 Å². The van der Waals surface area contributed by atoms with Crippen molar-refractivity contribution in [2.75, 3.05) is 6.54 Å². The molecule has 1 aliphatic heterocycles. The van der Waals surface area contributed by atoms with Gasteiger partial charge in [-0.1, -0.05) is 13.8 Å². The van der Waals surface area contributed by atoms with Crippen molar-refractivity contribution in [2.45, 2.75) is 33.4 Å². The number of carbonyl (C=O) groups excluding carboxylic acids is 1. The Labute approximate surface area is 67.0 Å². The molecule has 1 fully saturated rings. The first-order chi connectivity index (χ1) is 4.99. The second kappa shape index (κ2) is 2.48. The number of hydrogen-bond acceptors (Lipinski definition) is 2. The summed E-state index contributed by atoms with van der Waals surface area (Å²) in [5, 5.41) is 9.40. The lowest BCUT2D eigenvalue weighted by Crippen LogP contribution is -2.34. The first kappa shape index (κ1) is 8.53. The van der Waals surface area contributed by atoms with E-state index in [-0.39, 0.29) is 11.3 Å². The normalized spacial score (nSPS) is 29.6. The zero-order chi connectivity index (χ0) is 8.65. The van der Waals surface area contributed by atoms with Gasteiger partial charge in [-0.25, -0.2) is 0 Å². The molecule has 1 atom stereocenters. The first-order valence-corrected chi connectivity index (χ1v) is 3.98. The summed E-state index contributed by atoms with van der Waals surface area (Å²) in [5.74, 6) is 0.0625. The minimum absolute atomic E-state index is 0.0625. The molecule has 0 aliphatic carbocycles. The molecule has 64 valence electrons. The third-order valence-electron chi connectivity index (χ3n) is 2.23. The lowest BCUT2D eigenvalue weighted by molar-refractivity contribution is -0.138. The van der Waals surface area contributed by atoms with Gasteiger partial charge in [0.1, 0.15) is 6.23 Å². The van der Waals surface area contributed by atoms with E-state index in [1.807, 2.05) is 20.8 Å². The summed E-state index contributed by atoms with van der Waals surface area (Å²) in [5.41, 5.74) is -0.366. The molecule has 1 unspecified atom stereocenters. The molecule has 1 saturated heterocycles. The fourth-order valence-electron chi connectivity index (χ4n) is 1.53. The van der Waals surface area contributed by atoms with Gasteiger partial charge in [-0.2, -0.15) is 0 Å². The van der Waals surface area contributed by atoms with Crippen molar-refractivity contribution >= 4 is 5.91 Å². The van der Waals surface area contributed by atoms with Crippen LogP contribution in [0.2, 0.25) is 0 Å². The van der Waals surface area contributed by atoms with Gasteiger partial charge in [0.25, 0.3) is 0 Å². The van der Waals surface area contributed by atoms with Gasteiger partial charge < -0.3 is 10.0 Å².